The number of nitrogens with one attached hydrogen (secondary N) is 1. The van der Waals surface area contributed by atoms with E-state index in [1.54, 1.807) is 7.11 Å². The van der Waals surface area contributed by atoms with E-state index in [-0.39, 0.29) is 6.17 Å². The zero-order valence-electron chi connectivity index (χ0n) is 8.05. The number of hydrogen-bond acceptors (Lipinski definition) is 3. The molecule has 0 saturated carbocycles. The van der Waals surface area contributed by atoms with Crippen LogP contribution in [-0.4, -0.2) is 13.3 Å². The van der Waals surface area contributed by atoms with Gasteiger partial charge in [-0.3, -0.25) is 0 Å². The summed E-state index contributed by atoms with van der Waals surface area (Å²) in [7, 11) is 1.65. The first-order chi connectivity index (χ1) is 5.60. The van der Waals surface area contributed by atoms with Crippen LogP contribution >= 0.6 is 0 Å². The average molecular weight is 170 g/mol. The lowest BCUT2D eigenvalue weighted by Gasteiger charge is -2.10. The largest absolute Gasteiger partial charge is 0.501 e. The summed E-state index contributed by atoms with van der Waals surface area (Å²) in [6, 6.07) is 0. The quantitative estimate of drug-likeness (QED) is 0.372. The summed E-state index contributed by atoms with van der Waals surface area (Å²) in [6.45, 7) is 7.66. The fourth-order valence-electron chi connectivity index (χ4n) is 0.834. The van der Waals surface area contributed by atoms with Gasteiger partial charge in [0.05, 0.1) is 19.0 Å². The molecular formula is C9H18N2O. The van der Waals surface area contributed by atoms with E-state index >= 15 is 0 Å². The minimum absolute atomic E-state index is 0.0799. The highest BCUT2D eigenvalue weighted by molar-refractivity contribution is 5.15. The molecule has 0 heterocycles. The molecule has 0 aromatic rings. The lowest BCUT2D eigenvalue weighted by atomic mass is 10.3. The van der Waals surface area contributed by atoms with E-state index in [2.05, 4.69) is 11.9 Å². The maximum Gasteiger partial charge on any atom is 0.0973 e. The first kappa shape index (κ1) is 11.0. The Morgan fingerprint density at radius 1 is 1.75 bits per heavy atom. The van der Waals surface area contributed by atoms with Crippen molar-refractivity contribution in [3.05, 3.63) is 24.1 Å². The fourth-order valence-corrected chi connectivity index (χ4v) is 0.834. The Hall–Kier alpha value is -0.960. The Balaban J connectivity index is 4.02. The molecule has 3 N–H and O–H groups in total. The second kappa shape index (κ2) is 5.66. The molecule has 12 heavy (non-hydrogen) atoms. The van der Waals surface area contributed by atoms with E-state index in [0.717, 1.165) is 17.9 Å². The maximum absolute atomic E-state index is 5.51. The molecule has 3 nitrogen and oxygen atoms in total. The van der Waals surface area contributed by atoms with Crippen LogP contribution in [0.1, 0.15) is 20.3 Å². The fraction of sp³-hybridized carbons (Fsp3) is 0.556. The number of methoxy groups -OCH3 is 1. The summed E-state index contributed by atoms with van der Waals surface area (Å²) in [5, 5.41) is 2.97. The third-order valence-corrected chi connectivity index (χ3v) is 1.36. The normalized spacial score (nSPS) is 13.8. The number of hydrogen-bond donors (Lipinski definition) is 2. The van der Waals surface area contributed by atoms with Gasteiger partial charge in [0.25, 0.3) is 0 Å². The highest BCUT2D eigenvalue weighted by atomic mass is 16.5. The first-order valence-corrected chi connectivity index (χ1v) is 4.05. The monoisotopic (exact) mass is 170 g/mol. The number of nitrogens with two attached hydrogens (primary N) is 1. The average Bonchev–Trinajstić information content (AvgIpc) is 1.98. The molecule has 1 atom stereocenters. The molecule has 0 fully saturated rings. The van der Waals surface area contributed by atoms with Gasteiger partial charge in [-0.15, -0.1) is 0 Å². The zero-order valence-corrected chi connectivity index (χ0v) is 8.05. The molecule has 0 rings (SSSR count). The summed E-state index contributed by atoms with van der Waals surface area (Å²) in [5.41, 5.74) is 6.29. The standard InChI is InChI=1S/C9H18N2O/c1-5-9(12-4)6-7(2)11-8(3)10/h6,8,11H,2,5,10H2,1,3-4H3/b9-6+. The molecule has 0 bridgehead atoms. The van der Waals surface area contributed by atoms with Crippen molar-refractivity contribution >= 4 is 0 Å². The van der Waals surface area contributed by atoms with Gasteiger partial charge in [0.2, 0.25) is 0 Å². The molecule has 0 aliphatic heterocycles. The Bertz CT molecular complexity index is 167. The predicted molar refractivity (Wildman–Crippen MR) is 51.3 cm³/mol. The summed E-state index contributed by atoms with van der Waals surface area (Å²) in [6.07, 6.45) is 2.63. The summed E-state index contributed by atoms with van der Waals surface area (Å²) in [5.74, 6) is 0.896. The van der Waals surface area contributed by atoms with Crippen molar-refractivity contribution in [2.45, 2.75) is 26.4 Å². The molecule has 0 radical (unpaired) electrons. The van der Waals surface area contributed by atoms with Crippen molar-refractivity contribution in [3.8, 4) is 0 Å². The summed E-state index contributed by atoms with van der Waals surface area (Å²) in [4.78, 5) is 0. The van der Waals surface area contributed by atoms with E-state index < -0.39 is 0 Å². The van der Waals surface area contributed by atoms with Crippen LogP contribution in [0.5, 0.6) is 0 Å². The lowest BCUT2D eigenvalue weighted by molar-refractivity contribution is 0.280. The smallest absolute Gasteiger partial charge is 0.0973 e. The van der Waals surface area contributed by atoms with Crippen LogP contribution in [0.3, 0.4) is 0 Å². The maximum atomic E-state index is 5.51. The van der Waals surface area contributed by atoms with Gasteiger partial charge in [-0.1, -0.05) is 13.5 Å². The van der Waals surface area contributed by atoms with Gasteiger partial charge in [-0.05, 0) is 13.0 Å². The van der Waals surface area contributed by atoms with Crippen molar-refractivity contribution in [1.29, 1.82) is 0 Å². The van der Waals surface area contributed by atoms with E-state index in [0.29, 0.717) is 0 Å². The lowest BCUT2D eigenvalue weighted by Crippen LogP contribution is -2.32. The van der Waals surface area contributed by atoms with Crippen LogP contribution in [0, 0.1) is 0 Å². The van der Waals surface area contributed by atoms with Crippen molar-refractivity contribution in [2.24, 2.45) is 5.73 Å². The second-order valence-electron chi connectivity index (χ2n) is 2.63. The molecule has 0 amide bonds. The van der Waals surface area contributed by atoms with Crippen LogP contribution in [0.25, 0.3) is 0 Å². The Morgan fingerprint density at radius 3 is 2.67 bits per heavy atom. The van der Waals surface area contributed by atoms with Gasteiger partial charge >= 0.3 is 0 Å². The Kier molecular flexibility index (Phi) is 5.21. The molecule has 0 aliphatic rings. The van der Waals surface area contributed by atoms with Crippen LogP contribution < -0.4 is 11.1 Å². The van der Waals surface area contributed by atoms with Crippen LogP contribution in [0.4, 0.5) is 0 Å². The van der Waals surface area contributed by atoms with E-state index in [4.69, 9.17) is 10.5 Å². The summed E-state index contributed by atoms with van der Waals surface area (Å²) < 4.78 is 5.07. The van der Waals surface area contributed by atoms with Crippen molar-refractivity contribution in [2.75, 3.05) is 7.11 Å². The van der Waals surface area contributed by atoms with Gasteiger partial charge in [-0.25, -0.2) is 0 Å². The van der Waals surface area contributed by atoms with Crippen LogP contribution in [-0.2, 0) is 4.74 Å². The SMILES string of the molecule is C=C(/C=C(\CC)OC)NC(C)N. The Labute approximate surface area is 74.3 Å². The van der Waals surface area contributed by atoms with Gasteiger partial charge in [-0.2, -0.15) is 0 Å². The number of rotatable bonds is 5. The highest BCUT2D eigenvalue weighted by Gasteiger charge is 1.95. The zero-order chi connectivity index (χ0) is 9.56. The van der Waals surface area contributed by atoms with Crippen molar-refractivity contribution < 1.29 is 4.74 Å². The summed E-state index contributed by atoms with van der Waals surface area (Å²) >= 11 is 0. The van der Waals surface area contributed by atoms with Gasteiger partial charge in [0, 0.05) is 12.1 Å². The van der Waals surface area contributed by atoms with Gasteiger partial charge in [0.1, 0.15) is 0 Å². The predicted octanol–water partition coefficient (Wildman–Crippen LogP) is 1.33. The molecule has 0 saturated heterocycles. The molecule has 0 aromatic carbocycles. The molecule has 0 aliphatic carbocycles. The number of allylic oxidation sites excluding steroid dienone is 2. The molecule has 1 unspecified atom stereocenters. The van der Waals surface area contributed by atoms with E-state index in [1.807, 2.05) is 19.9 Å². The van der Waals surface area contributed by atoms with Crippen LogP contribution in [0.15, 0.2) is 24.1 Å². The number of ether oxygens (including phenoxy) is 1. The van der Waals surface area contributed by atoms with E-state index in [1.165, 1.54) is 0 Å². The molecule has 0 aromatic heterocycles. The topological polar surface area (TPSA) is 47.3 Å². The minimum Gasteiger partial charge on any atom is -0.501 e. The molecule has 0 spiro atoms. The molecule has 70 valence electrons. The second-order valence-corrected chi connectivity index (χ2v) is 2.63. The first-order valence-electron chi connectivity index (χ1n) is 4.05. The molecular weight excluding hydrogens is 152 g/mol. The van der Waals surface area contributed by atoms with Crippen molar-refractivity contribution in [1.82, 2.24) is 5.32 Å². The highest BCUT2D eigenvalue weighted by Crippen LogP contribution is 2.03. The minimum atomic E-state index is -0.0799. The van der Waals surface area contributed by atoms with E-state index in [9.17, 15) is 0 Å². The Morgan fingerprint density at radius 2 is 2.33 bits per heavy atom. The van der Waals surface area contributed by atoms with Crippen molar-refractivity contribution in [3.63, 3.8) is 0 Å². The van der Waals surface area contributed by atoms with Gasteiger partial charge < -0.3 is 15.8 Å². The van der Waals surface area contributed by atoms with Gasteiger partial charge in [0.15, 0.2) is 0 Å². The third-order valence-electron chi connectivity index (χ3n) is 1.36. The molecule has 3 heteroatoms. The third kappa shape index (κ3) is 4.79. The van der Waals surface area contributed by atoms with Crippen LogP contribution in [0.2, 0.25) is 0 Å².